The largest absolute Gasteiger partial charge is 0.350 e. The third-order valence-corrected chi connectivity index (χ3v) is 4.53. The molecule has 3 rings (SSSR count). The van der Waals surface area contributed by atoms with Gasteiger partial charge < -0.3 is 10.3 Å². The Balaban J connectivity index is 1.62. The molecule has 0 aliphatic heterocycles. The number of aryl methyl sites for hydroxylation is 1. The van der Waals surface area contributed by atoms with E-state index in [0.29, 0.717) is 23.1 Å². The van der Waals surface area contributed by atoms with Crippen molar-refractivity contribution in [1.82, 2.24) is 15.3 Å². The minimum absolute atomic E-state index is 0.0776. The van der Waals surface area contributed by atoms with Crippen molar-refractivity contribution < 1.29 is 4.79 Å². The zero-order valence-corrected chi connectivity index (χ0v) is 15.3. The number of carbonyl (C=O) groups excluding carboxylic acids is 1. The number of fused-ring (bicyclic) bond motifs is 1. The number of aromatic amines is 1. The standard InChI is InChI=1S/C19H18BrN3O2/c1-12(13-6-8-14(20)9-7-13)21-18(24)11-10-17-22-16-5-3-2-4-15(16)19(25)23-17/h2-9,12H,10-11H2,1H3,(H,21,24)(H,22,23,25). The molecule has 5 nitrogen and oxygen atoms in total. The number of H-pyrrole nitrogens is 1. The summed E-state index contributed by atoms with van der Waals surface area (Å²) in [6.07, 6.45) is 0.654. The Morgan fingerprint density at radius 1 is 1.20 bits per heavy atom. The second kappa shape index (κ2) is 7.61. The number of para-hydroxylation sites is 1. The van der Waals surface area contributed by atoms with Crippen LogP contribution in [-0.4, -0.2) is 15.9 Å². The highest BCUT2D eigenvalue weighted by atomic mass is 79.9. The molecule has 3 aromatic rings. The normalized spacial score (nSPS) is 12.1. The zero-order chi connectivity index (χ0) is 17.8. The molecule has 0 bridgehead atoms. The van der Waals surface area contributed by atoms with E-state index in [1.807, 2.05) is 37.3 Å². The molecule has 2 N–H and O–H groups in total. The molecule has 0 saturated carbocycles. The minimum Gasteiger partial charge on any atom is -0.350 e. The fourth-order valence-corrected chi connectivity index (χ4v) is 2.90. The second-order valence-electron chi connectivity index (χ2n) is 5.87. The smallest absolute Gasteiger partial charge is 0.258 e. The summed E-state index contributed by atoms with van der Waals surface area (Å²) in [5.41, 5.74) is 1.50. The highest BCUT2D eigenvalue weighted by Crippen LogP contribution is 2.16. The maximum Gasteiger partial charge on any atom is 0.258 e. The quantitative estimate of drug-likeness (QED) is 0.689. The van der Waals surface area contributed by atoms with E-state index in [0.717, 1.165) is 10.0 Å². The first-order valence-electron chi connectivity index (χ1n) is 8.05. The van der Waals surface area contributed by atoms with E-state index in [2.05, 4.69) is 31.2 Å². The SMILES string of the molecule is CC(NC(=O)CCc1nc2ccccc2c(=O)[nH]1)c1ccc(Br)cc1. The van der Waals surface area contributed by atoms with Gasteiger partial charge in [0.2, 0.25) is 5.91 Å². The molecule has 25 heavy (non-hydrogen) atoms. The molecule has 1 heterocycles. The summed E-state index contributed by atoms with van der Waals surface area (Å²) in [4.78, 5) is 31.4. The van der Waals surface area contributed by atoms with Crippen LogP contribution < -0.4 is 10.9 Å². The molecule has 0 radical (unpaired) electrons. The van der Waals surface area contributed by atoms with E-state index in [-0.39, 0.29) is 23.9 Å². The van der Waals surface area contributed by atoms with Crippen molar-refractivity contribution in [3.8, 4) is 0 Å². The van der Waals surface area contributed by atoms with Gasteiger partial charge in [0.1, 0.15) is 5.82 Å². The summed E-state index contributed by atoms with van der Waals surface area (Å²) < 4.78 is 1.00. The second-order valence-corrected chi connectivity index (χ2v) is 6.79. The van der Waals surface area contributed by atoms with E-state index in [4.69, 9.17) is 0 Å². The molecule has 1 amide bonds. The molecule has 0 fully saturated rings. The maximum absolute atomic E-state index is 12.2. The summed E-state index contributed by atoms with van der Waals surface area (Å²) in [7, 11) is 0. The first kappa shape index (κ1) is 17.4. The molecular formula is C19H18BrN3O2. The highest BCUT2D eigenvalue weighted by molar-refractivity contribution is 9.10. The molecule has 0 spiro atoms. The molecular weight excluding hydrogens is 382 g/mol. The summed E-state index contributed by atoms with van der Waals surface area (Å²) in [6.45, 7) is 1.94. The lowest BCUT2D eigenvalue weighted by Crippen LogP contribution is -2.27. The molecule has 2 aromatic carbocycles. The first-order chi connectivity index (χ1) is 12.0. The van der Waals surface area contributed by atoms with Crippen molar-refractivity contribution in [1.29, 1.82) is 0 Å². The lowest BCUT2D eigenvalue weighted by molar-refractivity contribution is -0.121. The summed E-state index contributed by atoms with van der Waals surface area (Å²) in [5.74, 6) is 0.446. The Kier molecular flexibility index (Phi) is 5.28. The van der Waals surface area contributed by atoms with Crippen LogP contribution in [0, 0.1) is 0 Å². The minimum atomic E-state index is -0.177. The van der Waals surface area contributed by atoms with Crippen LogP contribution in [0.4, 0.5) is 0 Å². The molecule has 1 aromatic heterocycles. The molecule has 0 saturated heterocycles. The van der Waals surface area contributed by atoms with Crippen molar-refractivity contribution in [3.63, 3.8) is 0 Å². The first-order valence-corrected chi connectivity index (χ1v) is 8.85. The third-order valence-electron chi connectivity index (χ3n) is 4.00. The van der Waals surface area contributed by atoms with Gasteiger partial charge in [0.25, 0.3) is 5.56 Å². The topological polar surface area (TPSA) is 74.8 Å². The summed E-state index contributed by atoms with van der Waals surface area (Å²) in [6, 6.07) is 14.9. The van der Waals surface area contributed by atoms with E-state index >= 15 is 0 Å². The van der Waals surface area contributed by atoms with Crippen LogP contribution >= 0.6 is 15.9 Å². The Morgan fingerprint density at radius 3 is 2.68 bits per heavy atom. The van der Waals surface area contributed by atoms with Gasteiger partial charge in [0, 0.05) is 17.3 Å². The van der Waals surface area contributed by atoms with E-state index in [1.165, 1.54) is 0 Å². The van der Waals surface area contributed by atoms with Gasteiger partial charge in [-0.15, -0.1) is 0 Å². The molecule has 1 unspecified atom stereocenters. The number of amides is 1. The average Bonchev–Trinajstić information content (AvgIpc) is 2.60. The van der Waals surface area contributed by atoms with Gasteiger partial charge in [0.05, 0.1) is 16.9 Å². The fourth-order valence-electron chi connectivity index (χ4n) is 2.63. The number of nitrogens with one attached hydrogen (secondary N) is 2. The molecule has 1 atom stereocenters. The number of hydrogen-bond acceptors (Lipinski definition) is 3. The summed E-state index contributed by atoms with van der Waals surface area (Å²) in [5, 5.41) is 3.52. The van der Waals surface area contributed by atoms with Crippen LogP contribution in [0.25, 0.3) is 10.9 Å². The van der Waals surface area contributed by atoms with Gasteiger partial charge in [-0.25, -0.2) is 4.98 Å². The number of nitrogens with zero attached hydrogens (tertiary/aromatic N) is 1. The van der Waals surface area contributed by atoms with E-state index < -0.39 is 0 Å². The lowest BCUT2D eigenvalue weighted by Gasteiger charge is -2.14. The number of rotatable bonds is 5. The van der Waals surface area contributed by atoms with Gasteiger partial charge in [-0.05, 0) is 36.8 Å². The Morgan fingerprint density at radius 2 is 1.92 bits per heavy atom. The van der Waals surface area contributed by atoms with Gasteiger partial charge in [-0.3, -0.25) is 9.59 Å². The van der Waals surface area contributed by atoms with Gasteiger partial charge >= 0.3 is 0 Å². The van der Waals surface area contributed by atoms with Crippen molar-refractivity contribution in [2.24, 2.45) is 0 Å². The lowest BCUT2D eigenvalue weighted by atomic mass is 10.1. The van der Waals surface area contributed by atoms with Gasteiger partial charge in [-0.2, -0.15) is 0 Å². The Labute approximate surface area is 153 Å². The molecule has 128 valence electrons. The third kappa shape index (κ3) is 4.33. The molecule has 0 aliphatic rings. The van der Waals surface area contributed by atoms with Crippen molar-refractivity contribution in [2.45, 2.75) is 25.8 Å². The van der Waals surface area contributed by atoms with Gasteiger partial charge in [0.15, 0.2) is 0 Å². The van der Waals surface area contributed by atoms with E-state index in [9.17, 15) is 9.59 Å². The molecule has 6 heteroatoms. The van der Waals surface area contributed by atoms with Gasteiger partial charge in [-0.1, -0.05) is 40.2 Å². The number of aromatic nitrogens is 2. The van der Waals surface area contributed by atoms with Crippen LogP contribution in [0.2, 0.25) is 0 Å². The van der Waals surface area contributed by atoms with Crippen LogP contribution in [0.3, 0.4) is 0 Å². The van der Waals surface area contributed by atoms with Crippen LogP contribution in [0.1, 0.15) is 30.8 Å². The van der Waals surface area contributed by atoms with Crippen LogP contribution in [0.5, 0.6) is 0 Å². The zero-order valence-electron chi connectivity index (χ0n) is 13.8. The number of carbonyl (C=O) groups is 1. The predicted octanol–water partition coefficient (Wildman–Crippen LogP) is 3.50. The monoisotopic (exact) mass is 399 g/mol. The Bertz CT molecular complexity index is 951. The fraction of sp³-hybridized carbons (Fsp3) is 0.211. The maximum atomic E-state index is 12.2. The number of benzene rings is 2. The Hall–Kier alpha value is -2.47. The predicted molar refractivity (Wildman–Crippen MR) is 101 cm³/mol. The van der Waals surface area contributed by atoms with Crippen molar-refractivity contribution in [3.05, 3.63) is 74.7 Å². The number of hydrogen-bond donors (Lipinski definition) is 2. The number of halogens is 1. The average molecular weight is 400 g/mol. The summed E-state index contributed by atoms with van der Waals surface area (Å²) >= 11 is 3.40. The van der Waals surface area contributed by atoms with Crippen molar-refractivity contribution >= 4 is 32.7 Å². The molecule has 0 aliphatic carbocycles. The highest BCUT2D eigenvalue weighted by Gasteiger charge is 2.11. The van der Waals surface area contributed by atoms with E-state index in [1.54, 1.807) is 18.2 Å². The van der Waals surface area contributed by atoms with Crippen LogP contribution in [-0.2, 0) is 11.2 Å². The van der Waals surface area contributed by atoms with Crippen LogP contribution in [0.15, 0.2) is 57.8 Å². The van der Waals surface area contributed by atoms with Crippen molar-refractivity contribution in [2.75, 3.05) is 0 Å².